The highest BCUT2D eigenvalue weighted by Gasteiger charge is 2.27. The summed E-state index contributed by atoms with van der Waals surface area (Å²) in [6.45, 7) is 6.31. The minimum absolute atomic E-state index is 0.0646. The molecule has 1 unspecified atom stereocenters. The summed E-state index contributed by atoms with van der Waals surface area (Å²) < 4.78 is 5.67. The average Bonchev–Trinajstić information content (AvgIpc) is 3.09. The van der Waals surface area contributed by atoms with Crippen molar-refractivity contribution in [3.05, 3.63) is 29.8 Å². The number of piperidine rings is 1. The number of hydrogen-bond donors (Lipinski definition) is 1. The summed E-state index contributed by atoms with van der Waals surface area (Å²) in [6, 6.07) is 8.96. The Balaban J connectivity index is 1.60. The van der Waals surface area contributed by atoms with Crippen molar-refractivity contribution in [2.24, 2.45) is 0 Å². The van der Waals surface area contributed by atoms with Crippen LogP contribution < -0.4 is 4.74 Å². The maximum atomic E-state index is 8.95. The normalized spacial score (nSPS) is 23.8. The average molecular weight is 304 g/mol. The molecular weight excluding hydrogens is 276 g/mol. The third-order valence-corrected chi connectivity index (χ3v) is 4.85. The van der Waals surface area contributed by atoms with Crippen LogP contribution in [0.2, 0.25) is 0 Å². The Morgan fingerprint density at radius 3 is 2.73 bits per heavy atom. The standard InChI is InChI=1S/C18H28N2O2/c21-12-13-22-18-8-2-1-6-16(18)14-19-9-5-7-17(15-19)20-10-3-4-11-20/h1-2,6,8,17,21H,3-5,7,9-15H2. The summed E-state index contributed by atoms with van der Waals surface area (Å²) in [5.74, 6) is 0.917. The van der Waals surface area contributed by atoms with Gasteiger partial charge in [-0.3, -0.25) is 9.80 Å². The lowest BCUT2D eigenvalue weighted by atomic mass is 10.0. The van der Waals surface area contributed by atoms with Crippen LogP contribution in [0.25, 0.3) is 0 Å². The molecular formula is C18H28N2O2. The van der Waals surface area contributed by atoms with Gasteiger partial charge in [-0.1, -0.05) is 18.2 Å². The number of nitrogens with zero attached hydrogens (tertiary/aromatic N) is 2. The van der Waals surface area contributed by atoms with Crippen LogP contribution >= 0.6 is 0 Å². The number of aliphatic hydroxyl groups is 1. The van der Waals surface area contributed by atoms with Crippen LogP contribution in [0.5, 0.6) is 5.75 Å². The predicted octanol–water partition coefficient (Wildman–Crippen LogP) is 2.12. The summed E-state index contributed by atoms with van der Waals surface area (Å²) in [6.07, 6.45) is 5.38. The molecule has 2 fully saturated rings. The van der Waals surface area contributed by atoms with Gasteiger partial charge in [0.15, 0.2) is 0 Å². The molecule has 122 valence electrons. The first-order chi connectivity index (χ1) is 10.9. The van der Waals surface area contributed by atoms with E-state index in [-0.39, 0.29) is 6.61 Å². The van der Waals surface area contributed by atoms with Crippen molar-refractivity contribution in [1.29, 1.82) is 0 Å². The van der Waals surface area contributed by atoms with E-state index in [2.05, 4.69) is 21.9 Å². The van der Waals surface area contributed by atoms with Gasteiger partial charge in [0.25, 0.3) is 0 Å². The summed E-state index contributed by atoms with van der Waals surface area (Å²) in [5, 5.41) is 8.95. The quantitative estimate of drug-likeness (QED) is 0.873. The second kappa shape index (κ2) is 7.95. The maximum Gasteiger partial charge on any atom is 0.123 e. The third-order valence-electron chi connectivity index (χ3n) is 4.85. The lowest BCUT2D eigenvalue weighted by Gasteiger charge is -2.37. The van der Waals surface area contributed by atoms with Gasteiger partial charge in [0.2, 0.25) is 0 Å². The van der Waals surface area contributed by atoms with Crippen molar-refractivity contribution in [3.63, 3.8) is 0 Å². The Kier molecular flexibility index (Phi) is 5.70. The smallest absolute Gasteiger partial charge is 0.123 e. The van der Waals surface area contributed by atoms with Crippen LogP contribution in [0.3, 0.4) is 0 Å². The van der Waals surface area contributed by atoms with Gasteiger partial charge in [0.1, 0.15) is 12.4 Å². The molecule has 4 nitrogen and oxygen atoms in total. The molecule has 1 N–H and O–H groups in total. The second-order valence-corrected chi connectivity index (χ2v) is 6.45. The molecule has 2 heterocycles. The van der Waals surface area contributed by atoms with Gasteiger partial charge in [0.05, 0.1) is 6.61 Å². The van der Waals surface area contributed by atoms with Crippen molar-refractivity contribution in [3.8, 4) is 5.75 Å². The zero-order chi connectivity index (χ0) is 15.2. The Morgan fingerprint density at radius 1 is 1.09 bits per heavy atom. The zero-order valence-corrected chi connectivity index (χ0v) is 13.4. The highest BCUT2D eigenvalue weighted by Crippen LogP contribution is 2.24. The van der Waals surface area contributed by atoms with E-state index in [4.69, 9.17) is 9.84 Å². The first-order valence-corrected chi connectivity index (χ1v) is 8.65. The van der Waals surface area contributed by atoms with E-state index >= 15 is 0 Å². The molecule has 2 aliphatic heterocycles. The van der Waals surface area contributed by atoms with Gasteiger partial charge in [0, 0.05) is 24.7 Å². The van der Waals surface area contributed by atoms with E-state index < -0.39 is 0 Å². The lowest BCUT2D eigenvalue weighted by molar-refractivity contribution is 0.109. The van der Waals surface area contributed by atoms with Crippen LogP contribution in [0.15, 0.2) is 24.3 Å². The Labute approximate surface area is 133 Å². The molecule has 0 amide bonds. The van der Waals surface area contributed by atoms with Crippen LogP contribution in [-0.2, 0) is 6.54 Å². The summed E-state index contributed by atoms with van der Waals surface area (Å²) >= 11 is 0. The molecule has 0 bridgehead atoms. The molecule has 3 rings (SSSR count). The molecule has 0 spiro atoms. The van der Waals surface area contributed by atoms with Gasteiger partial charge in [-0.15, -0.1) is 0 Å². The first kappa shape index (κ1) is 15.8. The SMILES string of the molecule is OCCOc1ccccc1CN1CCCC(N2CCCC2)C1. The number of para-hydroxylation sites is 1. The van der Waals surface area contributed by atoms with Crippen LogP contribution in [0.1, 0.15) is 31.2 Å². The fourth-order valence-electron chi connectivity index (χ4n) is 3.75. The fraction of sp³-hybridized carbons (Fsp3) is 0.667. The molecule has 0 radical (unpaired) electrons. The van der Waals surface area contributed by atoms with Crippen molar-refractivity contribution in [2.45, 2.75) is 38.3 Å². The minimum atomic E-state index is 0.0646. The van der Waals surface area contributed by atoms with E-state index in [1.165, 1.54) is 57.4 Å². The van der Waals surface area contributed by atoms with E-state index in [1.54, 1.807) is 0 Å². The lowest BCUT2D eigenvalue weighted by Crippen LogP contribution is -2.46. The van der Waals surface area contributed by atoms with Gasteiger partial charge in [-0.2, -0.15) is 0 Å². The summed E-state index contributed by atoms with van der Waals surface area (Å²) in [5.41, 5.74) is 1.23. The van der Waals surface area contributed by atoms with Crippen LogP contribution in [0, 0.1) is 0 Å². The van der Waals surface area contributed by atoms with E-state index in [0.29, 0.717) is 6.61 Å². The van der Waals surface area contributed by atoms with Gasteiger partial charge in [-0.05, 0) is 51.4 Å². The van der Waals surface area contributed by atoms with E-state index in [0.717, 1.165) is 18.3 Å². The largest absolute Gasteiger partial charge is 0.491 e. The van der Waals surface area contributed by atoms with E-state index in [9.17, 15) is 0 Å². The van der Waals surface area contributed by atoms with Crippen molar-refractivity contribution in [2.75, 3.05) is 39.4 Å². The molecule has 2 aliphatic rings. The molecule has 0 saturated carbocycles. The van der Waals surface area contributed by atoms with Crippen molar-refractivity contribution in [1.82, 2.24) is 9.80 Å². The summed E-state index contributed by atoms with van der Waals surface area (Å²) in [7, 11) is 0. The molecule has 1 aromatic carbocycles. The monoisotopic (exact) mass is 304 g/mol. The fourth-order valence-corrected chi connectivity index (χ4v) is 3.75. The maximum absolute atomic E-state index is 8.95. The Hall–Kier alpha value is -1.10. The predicted molar refractivity (Wildman–Crippen MR) is 88.1 cm³/mol. The van der Waals surface area contributed by atoms with Gasteiger partial charge in [-0.25, -0.2) is 0 Å². The zero-order valence-electron chi connectivity index (χ0n) is 13.4. The van der Waals surface area contributed by atoms with Gasteiger partial charge < -0.3 is 9.84 Å². The second-order valence-electron chi connectivity index (χ2n) is 6.45. The van der Waals surface area contributed by atoms with E-state index in [1.807, 2.05) is 12.1 Å². The number of benzene rings is 1. The molecule has 0 aliphatic carbocycles. The number of ether oxygens (including phenoxy) is 1. The Morgan fingerprint density at radius 2 is 1.91 bits per heavy atom. The number of hydrogen-bond acceptors (Lipinski definition) is 4. The molecule has 1 atom stereocenters. The summed E-state index contributed by atoms with van der Waals surface area (Å²) in [4.78, 5) is 5.24. The third kappa shape index (κ3) is 4.00. The number of likely N-dealkylation sites (tertiary alicyclic amines) is 2. The number of aliphatic hydroxyl groups excluding tert-OH is 1. The first-order valence-electron chi connectivity index (χ1n) is 8.65. The Bertz CT molecular complexity index is 460. The minimum Gasteiger partial charge on any atom is -0.491 e. The molecule has 2 saturated heterocycles. The van der Waals surface area contributed by atoms with Gasteiger partial charge >= 0.3 is 0 Å². The number of rotatable bonds is 6. The van der Waals surface area contributed by atoms with Crippen LogP contribution in [0.4, 0.5) is 0 Å². The molecule has 4 heteroatoms. The highest BCUT2D eigenvalue weighted by molar-refractivity contribution is 5.33. The molecule has 1 aromatic rings. The van der Waals surface area contributed by atoms with Crippen molar-refractivity contribution < 1.29 is 9.84 Å². The van der Waals surface area contributed by atoms with Crippen LogP contribution in [-0.4, -0.2) is 60.3 Å². The topological polar surface area (TPSA) is 35.9 Å². The highest BCUT2D eigenvalue weighted by atomic mass is 16.5. The molecule has 0 aromatic heterocycles. The van der Waals surface area contributed by atoms with Crippen molar-refractivity contribution >= 4 is 0 Å². The molecule has 22 heavy (non-hydrogen) atoms.